The maximum absolute atomic E-state index is 12.1. The second-order valence-electron chi connectivity index (χ2n) is 5.28. The Morgan fingerprint density at radius 3 is 2.58 bits per heavy atom. The van der Waals surface area contributed by atoms with E-state index in [2.05, 4.69) is 10.3 Å². The average Bonchev–Trinajstić information content (AvgIpc) is 2.99. The smallest absolute Gasteiger partial charge is 0.272 e. The van der Waals surface area contributed by atoms with E-state index in [0.717, 1.165) is 36.8 Å². The van der Waals surface area contributed by atoms with E-state index in [9.17, 15) is 4.79 Å². The Kier molecular flexibility index (Phi) is 3.11. The second-order valence-corrected chi connectivity index (χ2v) is 5.28. The van der Waals surface area contributed by atoms with Crippen LogP contribution in [-0.4, -0.2) is 24.4 Å². The molecule has 1 saturated carbocycles. The fraction of sp³-hybridized carbons (Fsp3) is 0.467. The molecule has 1 heterocycles. The fourth-order valence-corrected chi connectivity index (χ4v) is 2.88. The van der Waals surface area contributed by atoms with E-state index >= 15 is 0 Å². The predicted octanol–water partition coefficient (Wildman–Crippen LogP) is 2.02. The highest BCUT2D eigenvalue weighted by atomic mass is 16.5. The average molecular weight is 258 g/mol. The standard InChI is InChI=1S/C15H18N2O2/c1-19-10-11-4-6-12(7-5-11)13-14(18)17-15(16-13)8-2-3-9-15/h4-7H,2-3,8-10H2,1H3,(H,17,18). The van der Waals surface area contributed by atoms with Gasteiger partial charge in [-0.2, -0.15) is 0 Å². The molecular formula is C15H18N2O2. The molecule has 100 valence electrons. The van der Waals surface area contributed by atoms with Crippen LogP contribution in [0.1, 0.15) is 36.8 Å². The quantitative estimate of drug-likeness (QED) is 0.901. The lowest BCUT2D eigenvalue weighted by atomic mass is 10.1. The highest BCUT2D eigenvalue weighted by molar-refractivity contribution is 6.46. The van der Waals surface area contributed by atoms with Crippen LogP contribution in [0.25, 0.3) is 0 Å². The monoisotopic (exact) mass is 258 g/mol. The first kappa shape index (κ1) is 12.4. The molecule has 2 aliphatic rings. The van der Waals surface area contributed by atoms with Crippen LogP contribution in [0.15, 0.2) is 29.3 Å². The van der Waals surface area contributed by atoms with Crippen LogP contribution in [0, 0.1) is 0 Å². The molecule has 0 saturated heterocycles. The molecule has 19 heavy (non-hydrogen) atoms. The summed E-state index contributed by atoms with van der Waals surface area (Å²) in [6.07, 6.45) is 4.21. The van der Waals surface area contributed by atoms with Crippen LogP contribution in [0.2, 0.25) is 0 Å². The van der Waals surface area contributed by atoms with Gasteiger partial charge in [0.1, 0.15) is 11.4 Å². The van der Waals surface area contributed by atoms with Crippen molar-refractivity contribution in [3.63, 3.8) is 0 Å². The van der Waals surface area contributed by atoms with E-state index in [1.807, 2.05) is 24.3 Å². The molecule has 1 spiro atoms. The van der Waals surface area contributed by atoms with Crippen molar-refractivity contribution in [1.29, 1.82) is 0 Å². The maximum atomic E-state index is 12.1. The number of hydrogen-bond donors (Lipinski definition) is 1. The summed E-state index contributed by atoms with van der Waals surface area (Å²) < 4.78 is 5.08. The minimum absolute atomic E-state index is 0.0404. The normalized spacial score (nSPS) is 20.7. The highest BCUT2D eigenvalue weighted by Crippen LogP contribution is 2.34. The first-order valence-corrected chi connectivity index (χ1v) is 6.73. The van der Waals surface area contributed by atoms with Crippen molar-refractivity contribution in [2.24, 2.45) is 4.99 Å². The number of nitrogens with zero attached hydrogens (tertiary/aromatic N) is 1. The molecule has 1 N–H and O–H groups in total. The first-order chi connectivity index (χ1) is 9.22. The topological polar surface area (TPSA) is 50.7 Å². The summed E-state index contributed by atoms with van der Waals surface area (Å²) in [5.41, 5.74) is 2.25. The summed E-state index contributed by atoms with van der Waals surface area (Å²) in [5.74, 6) is -0.0404. The van der Waals surface area contributed by atoms with Crippen LogP contribution in [0.4, 0.5) is 0 Å². The molecule has 4 nitrogen and oxygen atoms in total. The van der Waals surface area contributed by atoms with Gasteiger partial charge in [0, 0.05) is 12.7 Å². The number of rotatable bonds is 3. The number of aliphatic imine (C=N–C) groups is 1. The molecule has 1 amide bonds. The minimum Gasteiger partial charge on any atom is -0.380 e. The summed E-state index contributed by atoms with van der Waals surface area (Å²) in [7, 11) is 1.67. The van der Waals surface area contributed by atoms with Gasteiger partial charge in [-0.25, -0.2) is 0 Å². The molecule has 1 aliphatic carbocycles. The van der Waals surface area contributed by atoms with E-state index in [1.165, 1.54) is 0 Å². The summed E-state index contributed by atoms with van der Waals surface area (Å²) >= 11 is 0. The molecule has 0 aromatic heterocycles. The lowest BCUT2D eigenvalue weighted by Gasteiger charge is -2.18. The largest absolute Gasteiger partial charge is 0.380 e. The van der Waals surface area contributed by atoms with Crippen molar-refractivity contribution in [2.75, 3.05) is 7.11 Å². The second kappa shape index (κ2) is 4.78. The molecule has 1 aromatic rings. The van der Waals surface area contributed by atoms with E-state index in [0.29, 0.717) is 12.3 Å². The number of hydrogen-bond acceptors (Lipinski definition) is 3. The summed E-state index contributed by atoms with van der Waals surface area (Å²) in [6.45, 7) is 0.586. The number of benzene rings is 1. The van der Waals surface area contributed by atoms with Crippen LogP contribution < -0.4 is 5.32 Å². The third-order valence-electron chi connectivity index (χ3n) is 3.86. The van der Waals surface area contributed by atoms with Crippen molar-refractivity contribution in [3.05, 3.63) is 35.4 Å². The SMILES string of the molecule is COCc1ccc(C2=NC3(CCCC3)NC2=O)cc1. The number of carbonyl (C=O) groups excluding carboxylic acids is 1. The first-order valence-electron chi connectivity index (χ1n) is 6.73. The van der Waals surface area contributed by atoms with Crippen LogP contribution in [0.5, 0.6) is 0 Å². The van der Waals surface area contributed by atoms with Gasteiger partial charge in [0.15, 0.2) is 0 Å². The van der Waals surface area contributed by atoms with Crippen LogP contribution in [-0.2, 0) is 16.1 Å². The molecule has 1 aromatic carbocycles. The zero-order valence-corrected chi connectivity index (χ0v) is 11.1. The third-order valence-corrected chi connectivity index (χ3v) is 3.86. The van der Waals surface area contributed by atoms with Gasteiger partial charge < -0.3 is 10.1 Å². The number of amides is 1. The number of methoxy groups -OCH3 is 1. The van der Waals surface area contributed by atoms with Gasteiger partial charge in [-0.3, -0.25) is 9.79 Å². The highest BCUT2D eigenvalue weighted by Gasteiger charge is 2.41. The van der Waals surface area contributed by atoms with Gasteiger partial charge in [-0.15, -0.1) is 0 Å². The molecule has 4 heteroatoms. The molecule has 1 aliphatic heterocycles. The lowest BCUT2D eigenvalue weighted by molar-refractivity contribution is -0.115. The molecule has 1 fully saturated rings. The Balaban J connectivity index is 1.86. The summed E-state index contributed by atoms with van der Waals surface area (Å²) in [6, 6.07) is 7.85. The molecule has 0 radical (unpaired) electrons. The third kappa shape index (κ3) is 2.28. The van der Waals surface area contributed by atoms with Gasteiger partial charge >= 0.3 is 0 Å². The fourth-order valence-electron chi connectivity index (χ4n) is 2.88. The van der Waals surface area contributed by atoms with Crippen molar-refractivity contribution in [3.8, 4) is 0 Å². The van der Waals surface area contributed by atoms with E-state index in [-0.39, 0.29) is 11.6 Å². The molecule has 0 unspecified atom stereocenters. The summed E-state index contributed by atoms with van der Waals surface area (Å²) in [5, 5.41) is 3.05. The maximum Gasteiger partial charge on any atom is 0.272 e. The van der Waals surface area contributed by atoms with Crippen molar-refractivity contribution >= 4 is 11.6 Å². The lowest BCUT2D eigenvalue weighted by Crippen LogP contribution is -2.39. The molecule has 3 rings (SSSR count). The molecule has 0 atom stereocenters. The van der Waals surface area contributed by atoms with Crippen molar-refractivity contribution in [2.45, 2.75) is 38.0 Å². The number of nitrogens with one attached hydrogen (secondary N) is 1. The minimum atomic E-state index is -0.308. The Hall–Kier alpha value is -1.68. The number of ether oxygens (including phenoxy) is 1. The van der Waals surface area contributed by atoms with Gasteiger partial charge in [-0.1, -0.05) is 24.3 Å². The van der Waals surface area contributed by atoms with Gasteiger partial charge in [0.2, 0.25) is 0 Å². The van der Waals surface area contributed by atoms with Crippen molar-refractivity contribution < 1.29 is 9.53 Å². The molecular weight excluding hydrogens is 240 g/mol. The summed E-state index contributed by atoms with van der Waals surface area (Å²) in [4.78, 5) is 16.8. The zero-order chi connectivity index (χ0) is 13.3. The predicted molar refractivity (Wildman–Crippen MR) is 73.0 cm³/mol. The zero-order valence-electron chi connectivity index (χ0n) is 11.1. The Morgan fingerprint density at radius 1 is 1.26 bits per heavy atom. The van der Waals surface area contributed by atoms with Crippen LogP contribution >= 0.6 is 0 Å². The number of carbonyl (C=O) groups is 1. The Morgan fingerprint density at radius 2 is 1.95 bits per heavy atom. The van der Waals surface area contributed by atoms with E-state index < -0.39 is 0 Å². The van der Waals surface area contributed by atoms with Crippen LogP contribution in [0.3, 0.4) is 0 Å². The van der Waals surface area contributed by atoms with Gasteiger partial charge in [0.05, 0.1) is 6.61 Å². The van der Waals surface area contributed by atoms with Crippen molar-refractivity contribution in [1.82, 2.24) is 5.32 Å². The van der Waals surface area contributed by atoms with Gasteiger partial charge in [-0.05, 0) is 31.2 Å². The van der Waals surface area contributed by atoms with E-state index in [4.69, 9.17) is 4.74 Å². The van der Waals surface area contributed by atoms with Gasteiger partial charge in [0.25, 0.3) is 5.91 Å². The Bertz CT molecular complexity index is 513. The van der Waals surface area contributed by atoms with E-state index in [1.54, 1.807) is 7.11 Å². The molecule has 0 bridgehead atoms. The Labute approximate surface area is 112 Å².